The lowest BCUT2D eigenvalue weighted by Crippen LogP contribution is -2.11. The van der Waals surface area contributed by atoms with E-state index in [1.807, 2.05) is 12.1 Å². The summed E-state index contributed by atoms with van der Waals surface area (Å²) in [6.45, 7) is 1.55. The molecule has 1 rings (SSSR count). The van der Waals surface area contributed by atoms with E-state index in [9.17, 15) is 9.90 Å². The van der Waals surface area contributed by atoms with Crippen molar-refractivity contribution in [1.82, 2.24) is 0 Å². The van der Waals surface area contributed by atoms with Crippen molar-refractivity contribution in [3.8, 4) is 0 Å². The highest BCUT2D eigenvalue weighted by Gasteiger charge is 2.04. The predicted molar refractivity (Wildman–Crippen MR) is 65.0 cm³/mol. The quantitative estimate of drug-likeness (QED) is 0.526. The molecule has 3 heteroatoms. The van der Waals surface area contributed by atoms with Gasteiger partial charge >= 0.3 is 0 Å². The predicted octanol–water partition coefficient (Wildman–Crippen LogP) is 2.23. The minimum absolute atomic E-state index is 0.0750. The lowest BCUT2D eigenvalue weighted by Gasteiger charge is -2.06. The van der Waals surface area contributed by atoms with Gasteiger partial charge in [0.05, 0.1) is 6.10 Å². The zero-order valence-corrected chi connectivity index (χ0v) is 10.2. The van der Waals surface area contributed by atoms with Crippen LogP contribution in [0, 0.1) is 0 Å². The van der Waals surface area contributed by atoms with Crippen LogP contribution in [0.2, 0.25) is 0 Å². The summed E-state index contributed by atoms with van der Waals surface area (Å²) in [6.07, 6.45) is 0.361. The second kappa shape index (κ2) is 5.46. The fraction of sp³-hybridized carbons (Fsp3) is 0.364. The average Bonchev–Trinajstić information content (AvgIpc) is 2.18. The Kier molecular flexibility index (Phi) is 4.54. The van der Waals surface area contributed by atoms with Gasteiger partial charge in [-0.05, 0) is 18.9 Å². The van der Waals surface area contributed by atoms with Gasteiger partial charge in [-0.1, -0.05) is 46.9 Å². The summed E-state index contributed by atoms with van der Waals surface area (Å²) in [7, 11) is 0. The zero-order valence-electron chi connectivity index (χ0n) is 8.03. The Morgan fingerprint density at radius 1 is 1.43 bits per heavy atom. The van der Waals surface area contributed by atoms with Crippen LogP contribution < -0.4 is 0 Å². The van der Waals surface area contributed by atoms with Gasteiger partial charge in [-0.3, -0.25) is 4.79 Å². The number of alkyl halides is 1. The Balaban J connectivity index is 2.68. The molecule has 0 heterocycles. The first-order valence-corrected chi connectivity index (χ1v) is 6.00. The van der Waals surface area contributed by atoms with E-state index in [-0.39, 0.29) is 11.9 Å². The van der Waals surface area contributed by atoms with Gasteiger partial charge in [0, 0.05) is 9.99 Å². The molecule has 2 nitrogen and oxygen atoms in total. The number of carbonyl (C=O) groups excluding carboxylic acids is 1. The highest BCUT2D eigenvalue weighted by molar-refractivity contribution is 14.1. The SMILES string of the molecule is CC(=O)c1ccc(CC(O)CI)cc1. The maximum atomic E-state index is 11.0. The van der Waals surface area contributed by atoms with E-state index in [0.29, 0.717) is 6.42 Å². The largest absolute Gasteiger partial charge is 0.392 e. The van der Waals surface area contributed by atoms with Crippen molar-refractivity contribution in [2.45, 2.75) is 19.4 Å². The number of halogens is 1. The number of aliphatic hydroxyl groups excluding tert-OH is 1. The fourth-order valence-corrected chi connectivity index (χ4v) is 1.51. The van der Waals surface area contributed by atoms with E-state index in [4.69, 9.17) is 0 Å². The van der Waals surface area contributed by atoms with Crippen molar-refractivity contribution >= 4 is 28.4 Å². The van der Waals surface area contributed by atoms with E-state index < -0.39 is 0 Å². The fourth-order valence-electron chi connectivity index (χ4n) is 1.20. The molecule has 1 atom stereocenters. The van der Waals surface area contributed by atoms with Gasteiger partial charge in [-0.25, -0.2) is 0 Å². The minimum Gasteiger partial charge on any atom is -0.392 e. The standard InChI is InChI=1S/C11H13IO2/c1-8(13)10-4-2-9(3-5-10)6-11(14)7-12/h2-5,11,14H,6-7H2,1H3. The molecule has 1 unspecified atom stereocenters. The molecule has 0 bridgehead atoms. The molecule has 0 aliphatic rings. The number of hydrogen-bond acceptors (Lipinski definition) is 2. The summed E-state index contributed by atoms with van der Waals surface area (Å²) in [5.41, 5.74) is 1.79. The maximum Gasteiger partial charge on any atom is 0.159 e. The van der Waals surface area contributed by atoms with Gasteiger partial charge in [0.1, 0.15) is 0 Å². The van der Waals surface area contributed by atoms with E-state index in [0.717, 1.165) is 15.6 Å². The van der Waals surface area contributed by atoms with Crippen LogP contribution in [-0.4, -0.2) is 21.4 Å². The Morgan fingerprint density at radius 3 is 2.43 bits per heavy atom. The summed E-state index contributed by atoms with van der Waals surface area (Å²) in [6, 6.07) is 7.40. The van der Waals surface area contributed by atoms with E-state index in [2.05, 4.69) is 22.6 Å². The van der Waals surface area contributed by atoms with Crippen molar-refractivity contribution in [1.29, 1.82) is 0 Å². The Hall–Kier alpha value is -0.420. The molecule has 76 valence electrons. The number of hydrogen-bond donors (Lipinski definition) is 1. The molecule has 0 spiro atoms. The van der Waals surface area contributed by atoms with Gasteiger partial charge in [-0.2, -0.15) is 0 Å². The summed E-state index contributed by atoms with van der Waals surface area (Å²) in [5, 5.41) is 9.42. The van der Waals surface area contributed by atoms with Crippen LogP contribution >= 0.6 is 22.6 Å². The molecule has 14 heavy (non-hydrogen) atoms. The first-order chi connectivity index (χ1) is 6.63. The first kappa shape index (κ1) is 11.7. The molecule has 1 aromatic rings. The number of ketones is 1. The van der Waals surface area contributed by atoms with Crippen molar-refractivity contribution in [2.75, 3.05) is 4.43 Å². The van der Waals surface area contributed by atoms with Crippen LogP contribution in [0.3, 0.4) is 0 Å². The Labute approximate surface area is 97.5 Å². The van der Waals surface area contributed by atoms with Crippen molar-refractivity contribution in [2.24, 2.45) is 0 Å². The number of Topliss-reactive ketones (excluding diaryl/α,β-unsaturated/α-hetero) is 1. The van der Waals surface area contributed by atoms with Crippen molar-refractivity contribution < 1.29 is 9.90 Å². The third kappa shape index (κ3) is 3.38. The van der Waals surface area contributed by atoms with Crippen LogP contribution in [-0.2, 0) is 6.42 Å². The monoisotopic (exact) mass is 304 g/mol. The number of carbonyl (C=O) groups is 1. The molecular formula is C11H13IO2. The molecule has 0 fully saturated rings. The third-order valence-corrected chi connectivity index (χ3v) is 3.03. The molecule has 0 amide bonds. The summed E-state index contributed by atoms with van der Waals surface area (Å²) >= 11 is 2.15. The van der Waals surface area contributed by atoms with Crippen LogP contribution in [0.1, 0.15) is 22.8 Å². The smallest absolute Gasteiger partial charge is 0.159 e. The highest BCUT2D eigenvalue weighted by atomic mass is 127. The Morgan fingerprint density at radius 2 is 2.00 bits per heavy atom. The molecular weight excluding hydrogens is 291 g/mol. The van der Waals surface area contributed by atoms with Crippen molar-refractivity contribution in [3.63, 3.8) is 0 Å². The van der Waals surface area contributed by atoms with Gasteiger partial charge in [0.2, 0.25) is 0 Å². The zero-order chi connectivity index (χ0) is 10.6. The van der Waals surface area contributed by atoms with Gasteiger partial charge in [0.15, 0.2) is 5.78 Å². The maximum absolute atomic E-state index is 11.0. The number of rotatable bonds is 4. The molecule has 1 N–H and O–H groups in total. The van der Waals surface area contributed by atoms with Gasteiger partial charge in [0.25, 0.3) is 0 Å². The van der Waals surface area contributed by atoms with Gasteiger partial charge < -0.3 is 5.11 Å². The number of aliphatic hydroxyl groups is 1. The molecule has 0 aliphatic carbocycles. The third-order valence-electron chi connectivity index (χ3n) is 2.01. The average molecular weight is 304 g/mol. The lowest BCUT2D eigenvalue weighted by molar-refractivity contribution is 0.101. The first-order valence-electron chi connectivity index (χ1n) is 4.47. The summed E-state index contributed by atoms with van der Waals surface area (Å²) in [4.78, 5) is 11.0. The van der Waals surface area contributed by atoms with E-state index in [1.165, 1.54) is 0 Å². The van der Waals surface area contributed by atoms with Crippen LogP contribution in [0.4, 0.5) is 0 Å². The molecule has 0 radical (unpaired) electrons. The second-order valence-electron chi connectivity index (χ2n) is 3.27. The topological polar surface area (TPSA) is 37.3 Å². The minimum atomic E-state index is -0.293. The number of benzene rings is 1. The molecule has 0 aromatic heterocycles. The van der Waals surface area contributed by atoms with Crippen molar-refractivity contribution in [3.05, 3.63) is 35.4 Å². The molecule has 1 aromatic carbocycles. The van der Waals surface area contributed by atoms with Gasteiger partial charge in [-0.15, -0.1) is 0 Å². The molecule has 0 saturated heterocycles. The molecule has 0 saturated carbocycles. The van der Waals surface area contributed by atoms with Crippen LogP contribution in [0.25, 0.3) is 0 Å². The van der Waals surface area contributed by atoms with E-state index >= 15 is 0 Å². The summed E-state index contributed by atoms with van der Waals surface area (Å²) < 4.78 is 0.728. The lowest BCUT2D eigenvalue weighted by atomic mass is 10.1. The highest BCUT2D eigenvalue weighted by Crippen LogP contribution is 2.08. The second-order valence-corrected chi connectivity index (χ2v) is 4.15. The normalized spacial score (nSPS) is 12.5. The van der Waals surface area contributed by atoms with E-state index in [1.54, 1.807) is 19.1 Å². The molecule has 0 aliphatic heterocycles. The Bertz CT molecular complexity index is 306. The summed E-state index contributed by atoms with van der Waals surface area (Å²) in [5.74, 6) is 0.0750. The van der Waals surface area contributed by atoms with Crippen LogP contribution in [0.15, 0.2) is 24.3 Å². The van der Waals surface area contributed by atoms with Crippen LogP contribution in [0.5, 0.6) is 0 Å².